The van der Waals surface area contributed by atoms with Crippen LogP contribution in [-0.4, -0.2) is 44.6 Å². The Hall–Kier alpha value is -1.62. The van der Waals surface area contributed by atoms with Crippen molar-refractivity contribution >= 4 is 5.91 Å². The molecule has 1 amide bonds. The average molecular weight is 280 g/mol. The van der Waals surface area contributed by atoms with E-state index in [-0.39, 0.29) is 18.1 Å². The van der Waals surface area contributed by atoms with Crippen LogP contribution in [0.1, 0.15) is 12.0 Å². The lowest BCUT2D eigenvalue weighted by atomic mass is 10.1. The Bertz CT molecular complexity index is 479. The molecule has 1 fully saturated rings. The quantitative estimate of drug-likeness (QED) is 0.887. The fourth-order valence-corrected chi connectivity index (χ4v) is 2.62. The van der Waals surface area contributed by atoms with Crippen LogP contribution in [0.5, 0.6) is 5.75 Å². The fraction of sp³-hybridized carbons (Fsp3) is 0.533. The minimum Gasteiger partial charge on any atom is -0.494 e. The van der Waals surface area contributed by atoms with E-state index in [1.807, 2.05) is 11.9 Å². The van der Waals surface area contributed by atoms with Gasteiger partial charge in [-0.1, -0.05) is 6.07 Å². The second-order valence-corrected chi connectivity index (χ2v) is 5.20. The molecule has 1 N–H and O–H groups in total. The van der Waals surface area contributed by atoms with E-state index in [2.05, 4.69) is 5.32 Å². The first-order valence-corrected chi connectivity index (χ1v) is 6.88. The molecule has 4 nitrogen and oxygen atoms in total. The average Bonchev–Trinajstić information content (AvgIpc) is 2.88. The second kappa shape index (κ2) is 6.70. The number of nitrogens with one attached hydrogen (secondary N) is 1. The predicted molar refractivity (Wildman–Crippen MR) is 75.3 cm³/mol. The molecule has 1 saturated heterocycles. The Kier molecular flexibility index (Phi) is 4.95. The van der Waals surface area contributed by atoms with Gasteiger partial charge in [0.2, 0.25) is 5.91 Å². The summed E-state index contributed by atoms with van der Waals surface area (Å²) in [5.41, 5.74) is 0.686. The molecule has 1 aliphatic rings. The molecular formula is C15H21FN2O2. The maximum absolute atomic E-state index is 13.6. The largest absolute Gasteiger partial charge is 0.494 e. The molecule has 110 valence electrons. The number of hydrogen-bond acceptors (Lipinski definition) is 3. The summed E-state index contributed by atoms with van der Waals surface area (Å²) in [7, 11) is 3.35. The van der Waals surface area contributed by atoms with Gasteiger partial charge in [-0.05, 0) is 43.6 Å². The topological polar surface area (TPSA) is 41.6 Å². The number of halogens is 1. The lowest BCUT2D eigenvalue weighted by Crippen LogP contribution is -2.31. The van der Waals surface area contributed by atoms with Crippen LogP contribution in [0.3, 0.4) is 0 Å². The summed E-state index contributed by atoms with van der Waals surface area (Å²) in [6, 6.07) is 4.67. The molecule has 0 spiro atoms. The number of likely N-dealkylation sites (tertiary alicyclic amines) is 1. The van der Waals surface area contributed by atoms with Gasteiger partial charge in [0, 0.05) is 13.1 Å². The molecule has 5 heteroatoms. The minimum absolute atomic E-state index is 0.0631. The van der Waals surface area contributed by atoms with Gasteiger partial charge in [-0.25, -0.2) is 4.39 Å². The molecule has 1 aromatic rings. The van der Waals surface area contributed by atoms with Gasteiger partial charge in [-0.3, -0.25) is 4.79 Å². The smallest absolute Gasteiger partial charge is 0.227 e. The fourth-order valence-electron chi connectivity index (χ4n) is 2.62. The molecule has 1 aliphatic heterocycles. The Morgan fingerprint density at radius 3 is 3.00 bits per heavy atom. The van der Waals surface area contributed by atoms with E-state index < -0.39 is 5.82 Å². The van der Waals surface area contributed by atoms with E-state index in [1.165, 1.54) is 13.2 Å². The van der Waals surface area contributed by atoms with Gasteiger partial charge in [-0.15, -0.1) is 0 Å². The highest BCUT2D eigenvalue weighted by Gasteiger charge is 2.25. The molecule has 0 aliphatic carbocycles. The van der Waals surface area contributed by atoms with Gasteiger partial charge in [0.25, 0.3) is 0 Å². The zero-order valence-electron chi connectivity index (χ0n) is 12.0. The molecular weight excluding hydrogens is 259 g/mol. The molecule has 1 atom stereocenters. The van der Waals surface area contributed by atoms with E-state index in [4.69, 9.17) is 4.74 Å². The summed E-state index contributed by atoms with van der Waals surface area (Å²) in [6.45, 7) is 2.52. The summed E-state index contributed by atoms with van der Waals surface area (Å²) in [5, 5.41) is 3.14. The van der Waals surface area contributed by atoms with Crippen LogP contribution < -0.4 is 10.1 Å². The summed E-state index contributed by atoms with van der Waals surface area (Å²) in [4.78, 5) is 14.0. The first kappa shape index (κ1) is 14.8. The van der Waals surface area contributed by atoms with Crippen LogP contribution in [0.4, 0.5) is 4.39 Å². The lowest BCUT2D eigenvalue weighted by molar-refractivity contribution is -0.129. The van der Waals surface area contributed by atoms with Gasteiger partial charge in [0.1, 0.15) is 0 Å². The predicted octanol–water partition coefficient (Wildman–Crippen LogP) is 1.44. The van der Waals surface area contributed by atoms with Crippen molar-refractivity contribution in [2.75, 3.05) is 33.8 Å². The normalized spacial score (nSPS) is 18.4. The molecule has 0 bridgehead atoms. The summed E-state index contributed by atoms with van der Waals surface area (Å²) in [5.74, 6) is 0.369. The first-order chi connectivity index (χ1) is 9.63. The van der Waals surface area contributed by atoms with Crippen molar-refractivity contribution in [3.05, 3.63) is 29.6 Å². The number of nitrogens with zero attached hydrogens (tertiary/aromatic N) is 1. The third kappa shape index (κ3) is 3.48. The molecule has 0 aromatic heterocycles. The van der Waals surface area contributed by atoms with E-state index in [0.29, 0.717) is 11.5 Å². The van der Waals surface area contributed by atoms with Crippen LogP contribution in [0.25, 0.3) is 0 Å². The van der Waals surface area contributed by atoms with Crippen LogP contribution in [0.15, 0.2) is 18.2 Å². The highest BCUT2D eigenvalue weighted by Crippen LogP contribution is 2.20. The van der Waals surface area contributed by atoms with Gasteiger partial charge in [0.15, 0.2) is 11.6 Å². The number of benzene rings is 1. The van der Waals surface area contributed by atoms with Crippen LogP contribution in [0.2, 0.25) is 0 Å². The second-order valence-electron chi connectivity index (χ2n) is 5.20. The molecule has 1 heterocycles. The number of carbonyl (C=O) groups excluding carboxylic acids is 1. The minimum atomic E-state index is -0.424. The zero-order chi connectivity index (χ0) is 14.5. The van der Waals surface area contributed by atoms with Crippen molar-refractivity contribution in [1.82, 2.24) is 10.2 Å². The molecule has 1 aromatic carbocycles. The van der Waals surface area contributed by atoms with Crippen molar-refractivity contribution in [2.24, 2.45) is 5.92 Å². The van der Waals surface area contributed by atoms with Gasteiger partial charge < -0.3 is 15.0 Å². The van der Waals surface area contributed by atoms with Crippen molar-refractivity contribution in [3.8, 4) is 5.75 Å². The van der Waals surface area contributed by atoms with Crippen LogP contribution in [-0.2, 0) is 11.2 Å². The Balaban J connectivity index is 1.93. The summed E-state index contributed by atoms with van der Waals surface area (Å²) < 4.78 is 18.5. The number of ether oxygens (including phenoxy) is 1. The van der Waals surface area contributed by atoms with Crippen LogP contribution >= 0.6 is 0 Å². The number of amides is 1. The monoisotopic (exact) mass is 280 g/mol. The summed E-state index contributed by atoms with van der Waals surface area (Å²) >= 11 is 0. The van der Waals surface area contributed by atoms with Gasteiger partial charge >= 0.3 is 0 Å². The standard InChI is InChI=1S/C15H21FN2O2/c1-17-9-12-5-6-18(10-12)15(19)8-11-3-4-14(20-2)13(16)7-11/h3-4,7,12,17H,5-6,8-10H2,1-2H3/t12-/m0/s1. The van der Waals surface area contributed by atoms with E-state index in [9.17, 15) is 9.18 Å². The zero-order valence-corrected chi connectivity index (χ0v) is 12.0. The van der Waals surface area contributed by atoms with Crippen molar-refractivity contribution in [1.29, 1.82) is 0 Å². The van der Waals surface area contributed by atoms with E-state index in [1.54, 1.807) is 12.1 Å². The van der Waals surface area contributed by atoms with Crippen molar-refractivity contribution < 1.29 is 13.9 Å². The Labute approximate surface area is 118 Å². The van der Waals surface area contributed by atoms with Crippen LogP contribution in [0, 0.1) is 11.7 Å². The van der Waals surface area contributed by atoms with E-state index >= 15 is 0 Å². The molecule has 0 saturated carbocycles. The van der Waals surface area contributed by atoms with E-state index in [0.717, 1.165) is 26.1 Å². The SMILES string of the molecule is CNC[C@@H]1CCN(C(=O)Cc2ccc(OC)c(F)c2)C1. The molecule has 0 unspecified atom stereocenters. The first-order valence-electron chi connectivity index (χ1n) is 6.88. The maximum atomic E-state index is 13.6. The van der Waals surface area contributed by atoms with Gasteiger partial charge in [-0.2, -0.15) is 0 Å². The summed E-state index contributed by atoms with van der Waals surface area (Å²) in [6.07, 6.45) is 1.27. The van der Waals surface area contributed by atoms with Crippen molar-refractivity contribution in [3.63, 3.8) is 0 Å². The Morgan fingerprint density at radius 2 is 2.35 bits per heavy atom. The maximum Gasteiger partial charge on any atom is 0.227 e. The highest BCUT2D eigenvalue weighted by atomic mass is 19.1. The number of methoxy groups -OCH3 is 1. The van der Waals surface area contributed by atoms with Gasteiger partial charge in [0.05, 0.1) is 13.5 Å². The number of carbonyl (C=O) groups is 1. The third-order valence-corrected chi connectivity index (χ3v) is 3.70. The van der Waals surface area contributed by atoms with Crippen molar-refractivity contribution in [2.45, 2.75) is 12.8 Å². The number of hydrogen-bond donors (Lipinski definition) is 1. The third-order valence-electron chi connectivity index (χ3n) is 3.70. The Morgan fingerprint density at radius 1 is 1.55 bits per heavy atom. The highest BCUT2D eigenvalue weighted by molar-refractivity contribution is 5.79. The number of rotatable bonds is 5. The lowest BCUT2D eigenvalue weighted by Gasteiger charge is -2.16. The molecule has 0 radical (unpaired) electrons. The molecule has 20 heavy (non-hydrogen) atoms. The molecule has 2 rings (SSSR count).